The summed E-state index contributed by atoms with van der Waals surface area (Å²) in [5.74, 6) is 0.0304. The minimum Gasteiger partial charge on any atom is -0.391 e. The number of nitrogens with two attached hydrogens (primary N) is 1. The van der Waals surface area contributed by atoms with E-state index in [0.717, 1.165) is 0 Å². The number of aliphatic hydroxyl groups excluding tert-OH is 1. The Morgan fingerprint density at radius 2 is 2.39 bits per heavy atom. The van der Waals surface area contributed by atoms with Crippen molar-refractivity contribution in [3.63, 3.8) is 0 Å². The van der Waals surface area contributed by atoms with Crippen LogP contribution in [0, 0.1) is 0 Å². The van der Waals surface area contributed by atoms with E-state index in [-0.39, 0.29) is 46.6 Å². The van der Waals surface area contributed by atoms with Crippen molar-refractivity contribution in [3.05, 3.63) is 16.7 Å². The van der Waals surface area contributed by atoms with Crippen molar-refractivity contribution >= 4 is 17.1 Å². The number of anilines is 1. The molecular formula is C9H11CoN5O3. The number of hydrogen-bond donors (Lipinski definition) is 3. The molecule has 0 saturated carbocycles. The van der Waals surface area contributed by atoms with E-state index in [4.69, 9.17) is 10.5 Å². The maximum atomic E-state index is 11.6. The van der Waals surface area contributed by atoms with Crippen LogP contribution in [0.2, 0.25) is 0 Å². The van der Waals surface area contributed by atoms with E-state index in [9.17, 15) is 9.90 Å². The molecule has 1 fully saturated rings. The molecule has 1 aliphatic heterocycles. The Morgan fingerprint density at radius 1 is 1.61 bits per heavy atom. The van der Waals surface area contributed by atoms with Gasteiger partial charge in [0, 0.05) is 23.2 Å². The summed E-state index contributed by atoms with van der Waals surface area (Å²) in [5, 5.41) is 9.41. The summed E-state index contributed by atoms with van der Waals surface area (Å²) >= 11 is 0. The van der Waals surface area contributed by atoms with Gasteiger partial charge < -0.3 is 15.6 Å². The molecule has 1 aliphatic rings. The molecule has 8 nitrogen and oxygen atoms in total. The van der Waals surface area contributed by atoms with Gasteiger partial charge in [-0.25, -0.2) is 4.98 Å². The molecule has 0 unspecified atom stereocenters. The Kier molecular flexibility index (Phi) is 3.39. The van der Waals surface area contributed by atoms with Gasteiger partial charge in [-0.2, -0.15) is 4.98 Å². The number of nitrogens with one attached hydrogen (secondary N) is 1. The number of fused-ring (bicyclic) bond motifs is 1. The van der Waals surface area contributed by atoms with Crippen molar-refractivity contribution in [2.24, 2.45) is 0 Å². The molecule has 9 heteroatoms. The molecule has 0 aromatic carbocycles. The number of imidazole rings is 1. The van der Waals surface area contributed by atoms with E-state index < -0.39 is 6.10 Å². The van der Waals surface area contributed by atoms with Gasteiger partial charge in [-0.3, -0.25) is 14.3 Å². The molecule has 1 saturated heterocycles. The van der Waals surface area contributed by atoms with Gasteiger partial charge in [-0.05, 0) is 0 Å². The van der Waals surface area contributed by atoms with Gasteiger partial charge in [0.05, 0.1) is 19.0 Å². The fourth-order valence-corrected chi connectivity index (χ4v) is 1.94. The Morgan fingerprint density at radius 3 is 3.06 bits per heavy atom. The van der Waals surface area contributed by atoms with E-state index in [1.807, 2.05) is 0 Å². The molecule has 2 atom stereocenters. The molecule has 99 valence electrons. The molecule has 0 amide bonds. The second-order valence-electron chi connectivity index (χ2n) is 3.95. The van der Waals surface area contributed by atoms with Crippen molar-refractivity contribution in [2.45, 2.75) is 18.8 Å². The number of rotatable bonds is 1. The van der Waals surface area contributed by atoms with E-state index in [1.165, 1.54) is 6.33 Å². The Hall–Kier alpha value is -1.42. The number of hydrogen-bond acceptors (Lipinski definition) is 6. The zero-order chi connectivity index (χ0) is 12.0. The molecular weight excluding hydrogens is 285 g/mol. The molecule has 2 aromatic heterocycles. The zero-order valence-corrected chi connectivity index (χ0v) is 10.2. The van der Waals surface area contributed by atoms with Crippen molar-refractivity contribution < 1.29 is 26.6 Å². The van der Waals surface area contributed by atoms with Gasteiger partial charge in [0.15, 0.2) is 11.2 Å². The molecule has 4 N–H and O–H groups in total. The molecule has 2 aromatic rings. The average Bonchev–Trinajstić information content (AvgIpc) is 2.83. The van der Waals surface area contributed by atoms with Crippen LogP contribution in [0.4, 0.5) is 5.95 Å². The number of ether oxygens (including phenoxy) is 1. The first-order valence-corrected chi connectivity index (χ1v) is 5.17. The maximum absolute atomic E-state index is 11.6. The second kappa shape index (κ2) is 4.69. The molecule has 1 radical (unpaired) electrons. The molecule has 0 aliphatic carbocycles. The fraction of sp³-hybridized carbons (Fsp3) is 0.444. The van der Waals surface area contributed by atoms with Crippen molar-refractivity contribution in [1.29, 1.82) is 0 Å². The summed E-state index contributed by atoms with van der Waals surface area (Å²) in [6.45, 7) is 0.267. The van der Waals surface area contributed by atoms with Crippen LogP contribution in [0.5, 0.6) is 0 Å². The van der Waals surface area contributed by atoms with Crippen molar-refractivity contribution in [1.82, 2.24) is 19.5 Å². The van der Waals surface area contributed by atoms with Crippen LogP contribution in [-0.2, 0) is 21.5 Å². The summed E-state index contributed by atoms with van der Waals surface area (Å²) in [7, 11) is 0. The van der Waals surface area contributed by atoms with E-state index in [2.05, 4.69) is 15.0 Å². The van der Waals surface area contributed by atoms with Gasteiger partial charge in [0.1, 0.15) is 6.23 Å². The smallest absolute Gasteiger partial charge is 0.280 e. The molecule has 0 bridgehead atoms. The first kappa shape index (κ1) is 13.0. The first-order chi connectivity index (χ1) is 8.15. The summed E-state index contributed by atoms with van der Waals surface area (Å²) in [6.07, 6.45) is 1.05. The maximum Gasteiger partial charge on any atom is 0.280 e. The van der Waals surface area contributed by atoms with E-state index in [0.29, 0.717) is 12.1 Å². The standard InChI is InChI=1S/C9H11N5O3.Co/c10-9-12-7-6(8(16)13-9)11-3-14(7)5-1-4(15)2-17-5;/h3-5,15H,1-2H2,(H3,10,12,13,16);/t4-,5+;/m0./s1. The average molecular weight is 296 g/mol. The summed E-state index contributed by atoms with van der Waals surface area (Å²) in [6, 6.07) is 0. The predicted octanol–water partition coefficient (Wildman–Crippen LogP) is -1.02. The third-order valence-electron chi connectivity index (χ3n) is 2.72. The van der Waals surface area contributed by atoms with Crippen LogP contribution in [0.3, 0.4) is 0 Å². The zero-order valence-electron chi connectivity index (χ0n) is 9.16. The number of aliphatic hydroxyl groups is 1. The van der Waals surface area contributed by atoms with Gasteiger partial charge in [-0.15, -0.1) is 0 Å². The number of H-pyrrole nitrogens is 1. The minimum absolute atomic E-state index is 0. The third kappa shape index (κ3) is 2.01. The summed E-state index contributed by atoms with van der Waals surface area (Å²) < 4.78 is 6.99. The fourth-order valence-electron chi connectivity index (χ4n) is 1.94. The summed E-state index contributed by atoms with van der Waals surface area (Å²) in [5.41, 5.74) is 5.67. The van der Waals surface area contributed by atoms with Gasteiger partial charge in [0.25, 0.3) is 5.56 Å². The topological polar surface area (TPSA) is 119 Å². The Bertz CT molecular complexity index is 624. The quantitative estimate of drug-likeness (QED) is 0.619. The second-order valence-corrected chi connectivity index (χ2v) is 3.95. The van der Waals surface area contributed by atoms with Gasteiger partial charge >= 0.3 is 0 Å². The van der Waals surface area contributed by atoms with Gasteiger partial charge in [-0.1, -0.05) is 0 Å². The molecule has 3 rings (SSSR count). The van der Waals surface area contributed by atoms with E-state index in [1.54, 1.807) is 4.57 Å². The molecule has 18 heavy (non-hydrogen) atoms. The minimum atomic E-state index is -0.503. The van der Waals surface area contributed by atoms with Crippen LogP contribution in [-0.4, -0.2) is 37.3 Å². The SMILES string of the molecule is Nc1nc2c(ncn2[C@H]2C[C@H](O)CO2)c(=O)[nH]1.[Co]. The largest absolute Gasteiger partial charge is 0.391 e. The molecule has 3 heterocycles. The van der Waals surface area contributed by atoms with Crippen LogP contribution in [0.15, 0.2) is 11.1 Å². The predicted molar refractivity (Wildman–Crippen MR) is 58.2 cm³/mol. The number of aromatic nitrogens is 4. The van der Waals surface area contributed by atoms with E-state index >= 15 is 0 Å². The third-order valence-corrected chi connectivity index (χ3v) is 2.72. The van der Waals surface area contributed by atoms with Crippen LogP contribution < -0.4 is 11.3 Å². The van der Waals surface area contributed by atoms with Crippen molar-refractivity contribution in [2.75, 3.05) is 12.3 Å². The first-order valence-electron chi connectivity index (χ1n) is 5.17. The normalized spacial score (nSPS) is 23.2. The number of nitrogens with zero attached hydrogens (tertiary/aromatic N) is 3. The van der Waals surface area contributed by atoms with Crippen LogP contribution in [0.1, 0.15) is 12.6 Å². The monoisotopic (exact) mass is 296 g/mol. The van der Waals surface area contributed by atoms with Crippen LogP contribution >= 0.6 is 0 Å². The Balaban J connectivity index is 0.00000120. The van der Waals surface area contributed by atoms with Gasteiger partial charge in [0.2, 0.25) is 5.95 Å². The Labute approximate surface area is 111 Å². The van der Waals surface area contributed by atoms with Crippen LogP contribution in [0.25, 0.3) is 11.2 Å². The molecule has 0 spiro atoms. The van der Waals surface area contributed by atoms with Crippen molar-refractivity contribution in [3.8, 4) is 0 Å². The number of nitrogen functional groups attached to an aromatic ring is 1. The number of aromatic amines is 1. The summed E-state index contributed by atoms with van der Waals surface area (Å²) in [4.78, 5) is 21.9.